The number of H-pyrrole nitrogens is 1. The number of benzene rings is 1. The second kappa shape index (κ2) is 4.75. The minimum Gasteiger partial charge on any atom is -0.353 e. The summed E-state index contributed by atoms with van der Waals surface area (Å²) in [5.74, 6) is 0. The Morgan fingerprint density at radius 2 is 1.95 bits per heavy atom. The van der Waals surface area contributed by atoms with Gasteiger partial charge in [0, 0.05) is 0 Å². The smallest absolute Gasteiger partial charge is 0.101 e. The van der Waals surface area contributed by atoms with Crippen LogP contribution in [0.25, 0.3) is 21.8 Å². The fourth-order valence-electron chi connectivity index (χ4n) is 2.06. The Balaban J connectivity index is 2.11. The lowest BCUT2D eigenvalue weighted by molar-refractivity contribution is 1.38. The van der Waals surface area contributed by atoms with Gasteiger partial charge in [-0.05, 0) is 30.0 Å². The van der Waals surface area contributed by atoms with Crippen LogP contribution in [0.4, 0.5) is 0 Å². The van der Waals surface area contributed by atoms with Gasteiger partial charge in [-0.25, -0.2) is 0 Å². The van der Waals surface area contributed by atoms with E-state index in [1.807, 2.05) is 29.6 Å². The summed E-state index contributed by atoms with van der Waals surface area (Å²) in [4.78, 5) is 4.51. The van der Waals surface area contributed by atoms with Gasteiger partial charge in [0.2, 0.25) is 0 Å². The van der Waals surface area contributed by atoms with Crippen LogP contribution < -0.4 is 0 Å². The summed E-state index contributed by atoms with van der Waals surface area (Å²) in [5.41, 5.74) is 4.84. The number of hydrogen-bond acceptors (Lipinski definition) is 2. The molecule has 2 heterocycles. The van der Waals surface area contributed by atoms with Crippen molar-refractivity contribution in [3.05, 3.63) is 59.0 Å². The van der Waals surface area contributed by atoms with Crippen molar-refractivity contribution in [1.82, 2.24) is 4.98 Å². The van der Waals surface area contributed by atoms with Crippen LogP contribution in [0.1, 0.15) is 11.1 Å². The predicted molar refractivity (Wildman–Crippen MR) is 79.0 cm³/mol. The van der Waals surface area contributed by atoms with Crippen molar-refractivity contribution in [3.8, 4) is 27.9 Å². The Labute approximate surface area is 116 Å². The van der Waals surface area contributed by atoms with E-state index in [0.717, 1.165) is 21.8 Å². The van der Waals surface area contributed by atoms with Gasteiger partial charge in [0.05, 0.1) is 21.8 Å². The standard InChI is InChI=1S/C16H12N2S/c1-11-4-6-12(7-5-11)16-13(10-17)9-14(18-16)15-3-2-8-19-15/h2-9,18H,1H3. The van der Waals surface area contributed by atoms with E-state index in [1.54, 1.807) is 11.3 Å². The third-order valence-corrected chi connectivity index (χ3v) is 3.97. The first-order valence-electron chi connectivity index (χ1n) is 6.02. The monoisotopic (exact) mass is 264 g/mol. The van der Waals surface area contributed by atoms with Gasteiger partial charge in [-0.3, -0.25) is 0 Å². The van der Waals surface area contributed by atoms with Crippen molar-refractivity contribution in [2.45, 2.75) is 6.92 Å². The molecule has 1 aromatic carbocycles. The number of hydrogen-bond donors (Lipinski definition) is 1. The van der Waals surface area contributed by atoms with E-state index in [1.165, 1.54) is 5.56 Å². The lowest BCUT2D eigenvalue weighted by Gasteiger charge is -2.00. The van der Waals surface area contributed by atoms with Crippen LogP contribution >= 0.6 is 11.3 Å². The number of nitrogens with one attached hydrogen (secondary N) is 1. The van der Waals surface area contributed by atoms with Crippen LogP contribution in [0.3, 0.4) is 0 Å². The normalized spacial score (nSPS) is 10.3. The van der Waals surface area contributed by atoms with E-state index in [-0.39, 0.29) is 0 Å². The number of nitrogens with zero attached hydrogens (tertiary/aromatic N) is 1. The van der Waals surface area contributed by atoms with Gasteiger partial charge in [-0.15, -0.1) is 11.3 Å². The third kappa shape index (κ3) is 2.18. The number of aryl methyl sites for hydroxylation is 1. The highest BCUT2D eigenvalue weighted by molar-refractivity contribution is 7.13. The molecule has 3 heteroatoms. The maximum Gasteiger partial charge on any atom is 0.101 e. The van der Waals surface area contributed by atoms with Gasteiger partial charge in [-0.1, -0.05) is 35.9 Å². The minimum atomic E-state index is 0.687. The van der Waals surface area contributed by atoms with Crippen molar-refractivity contribution in [3.63, 3.8) is 0 Å². The zero-order valence-electron chi connectivity index (χ0n) is 10.5. The summed E-state index contributed by atoms with van der Waals surface area (Å²) in [6.45, 7) is 2.06. The highest BCUT2D eigenvalue weighted by Gasteiger charge is 2.11. The quantitative estimate of drug-likeness (QED) is 0.722. The molecule has 0 fully saturated rings. The number of thiophene rings is 1. The second-order valence-corrected chi connectivity index (χ2v) is 5.37. The Morgan fingerprint density at radius 3 is 2.58 bits per heavy atom. The molecule has 2 aromatic heterocycles. The molecule has 2 nitrogen and oxygen atoms in total. The van der Waals surface area contributed by atoms with E-state index in [9.17, 15) is 5.26 Å². The van der Waals surface area contributed by atoms with Crippen molar-refractivity contribution in [2.24, 2.45) is 0 Å². The Hall–Kier alpha value is -2.31. The molecule has 0 saturated carbocycles. The van der Waals surface area contributed by atoms with E-state index >= 15 is 0 Å². The zero-order valence-corrected chi connectivity index (χ0v) is 11.3. The largest absolute Gasteiger partial charge is 0.353 e. The molecule has 0 saturated heterocycles. The van der Waals surface area contributed by atoms with Gasteiger partial charge >= 0.3 is 0 Å². The summed E-state index contributed by atoms with van der Waals surface area (Å²) in [5, 5.41) is 11.3. The minimum absolute atomic E-state index is 0.687. The van der Waals surface area contributed by atoms with Crippen LogP contribution in [0.5, 0.6) is 0 Å². The summed E-state index contributed by atoms with van der Waals surface area (Å²) in [7, 11) is 0. The van der Waals surface area contributed by atoms with Gasteiger partial charge in [0.1, 0.15) is 6.07 Å². The van der Waals surface area contributed by atoms with E-state index in [2.05, 4.69) is 36.2 Å². The van der Waals surface area contributed by atoms with Crippen molar-refractivity contribution >= 4 is 11.3 Å². The van der Waals surface area contributed by atoms with Crippen LogP contribution in [0.15, 0.2) is 47.8 Å². The molecular formula is C16H12N2S. The first-order chi connectivity index (χ1) is 9.28. The molecule has 3 aromatic rings. The number of rotatable bonds is 2. The van der Waals surface area contributed by atoms with E-state index < -0.39 is 0 Å². The Morgan fingerprint density at radius 1 is 1.16 bits per heavy atom. The molecule has 0 bridgehead atoms. The molecule has 0 aliphatic rings. The van der Waals surface area contributed by atoms with Crippen LogP contribution in [-0.4, -0.2) is 4.98 Å². The average molecular weight is 264 g/mol. The first kappa shape index (κ1) is 11.8. The van der Waals surface area contributed by atoms with Gasteiger partial charge in [0.25, 0.3) is 0 Å². The van der Waals surface area contributed by atoms with Crippen LogP contribution in [0.2, 0.25) is 0 Å². The molecule has 0 atom stereocenters. The first-order valence-corrected chi connectivity index (χ1v) is 6.90. The van der Waals surface area contributed by atoms with Crippen molar-refractivity contribution < 1.29 is 0 Å². The highest BCUT2D eigenvalue weighted by atomic mass is 32.1. The summed E-state index contributed by atoms with van der Waals surface area (Å²) < 4.78 is 0. The number of aromatic amines is 1. The lowest BCUT2D eigenvalue weighted by Crippen LogP contribution is -1.82. The summed E-state index contributed by atoms with van der Waals surface area (Å²) >= 11 is 1.67. The van der Waals surface area contributed by atoms with Crippen molar-refractivity contribution in [1.29, 1.82) is 5.26 Å². The molecule has 0 unspecified atom stereocenters. The molecule has 19 heavy (non-hydrogen) atoms. The number of aromatic nitrogens is 1. The summed E-state index contributed by atoms with van der Waals surface area (Å²) in [6.07, 6.45) is 0. The molecule has 1 N–H and O–H groups in total. The van der Waals surface area contributed by atoms with E-state index in [0.29, 0.717) is 5.56 Å². The molecular weight excluding hydrogens is 252 g/mol. The van der Waals surface area contributed by atoms with E-state index in [4.69, 9.17) is 0 Å². The predicted octanol–water partition coefficient (Wildman–Crippen LogP) is 4.59. The Bertz CT molecular complexity index is 728. The van der Waals surface area contributed by atoms with Gasteiger partial charge in [0.15, 0.2) is 0 Å². The molecule has 92 valence electrons. The fraction of sp³-hybridized carbons (Fsp3) is 0.0625. The third-order valence-electron chi connectivity index (χ3n) is 3.07. The SMILES string of the molecule is Cc1ccc(-c2[nH]c(-c3cccs3)cc2C#N)cc1. The fourth-order valence-corrected chi connectivity index (χ4v) is 2.75. The number of nitriles is 1. The van der Waals surface area contributed by atoms with Crippen LogP contribution in [-0.2, 0) is 0 Å². The van der Waals surface area contributed by atoms with Crippen LogP contribution in [0, 0.1) is 18.3 Å². The molecule has 0 spiro atoms. The highest BCUT2D eigenvalue weighted by Crippen LogP contribution is 2.30. The summed E-state index contributed by atoms with van der Waals surface area (Å²) in [6, 6.07) is 16.4. The molecule has 0 radical (unpaired) electrons. The molecule has 0 aliphatic carbocycles. The van der Waals surface area contributed by atoms with Gasteiger partial charge < -0.3 is 4.98 Å². The molecule has 0 aliphatic heterocycles. The second-order valence-electron chi connectivity index (χ2n) is 4.43. The van der Waals surface area contributed by atoms with Crippen molar-refractivity contribution in [2.75, 3.05) is 0 Å². The average Bonchev–Trinajstić information content (AvgIpc) is 3.08. The van der Waals surface area contributed by atoms with Gasteiger partial charge in [-0.2, -0.15) is 5.26 Å². The lowest BCUT2D eigenvalue weighted by atomic mass is 10.1. The topological polar surface area (TPSA) is 39.6 Å². The molecule has 0 amide bonds. The maximum atomic E-state index is 9.28. The zero-order chi connectivity index (χ0) is 13.2. The Kier molecular flexibility index (Phi) is 2.94. The maximum absolute atomic E-state index is 9.28. The molecule has 3 rings (SSSR count).